The Morgan fingerprint density at radius 1 is 0.683 bits per heavy atom. The molecule has 0 radical (unpaired) electrons. The molecule has 0 atom stereocenters. The van der Waals surface area contributed by atoms with Crippen LogP contribution in [0.25, 0.3) is 0 Å². The normalized spacial score (nSPS) is 17.4. The van der Waals surface area contributed by atoms with E-state index in [1.54, 1.807) is 0 Å². The van der Waals surface area contributed by atoms with Crippen molar-refractivity contribution in [3.63, 3.8) is 0 Å². The second kappa shape index (κ2) is 15.6. The second-order valence-corrected chi connectivity index (χ2v) is 11.5. The lowest BCUT2D eigenvalue weighted by Crippen LogP contribution is -2.48. The molecule has 0 spiro atoms. The predicted octanol–water partition coefficient (Wildman–Crippen LogP) is 4.41. The largest absolute Gasteiger partial charge is 0.478 e. The quantitative estimate of drug-likeness (QED) is 0.417. The summed E-state index contributed by atoms with van der Waals surface area (Å²) < 4.78 is 0. The minimum atomic E-state index is -1.26. The zero-order valence-electron chi connectivity index (χ0n) is 23.5. The van der Waals surface area contributed by atoms with Crippen LogP contribution in [0.2, 0.25) is 0 Å². The molecule has 220 valence electrons. The van der Waals surface area contributed by atoms with Crippen molar-refractivity contribution in [3.8, 4) is 0 Å². The molecule has 0 unspecified atom stereocenters. The highest BCUT2D eigenvalue weighted by Gasteiger charge is 2.24. The Morgan fingerprint density at radius 2 is 1.20 bits per heavy atom. The summed E-state index contributed by atoms with van der Waals surface area (Å²) in [6, 6.07) is 17.5. The molecule has 10 heteroatoms. The third-order valence-electron chi connectivity index (χ3n) is 7.57. The van der Waals surface area contributed by atoms with Gasteiger partial charge in [-0.3, -0.25) is 4.79 Å². The minimum Gasteiger partial charge on any atom is -0.478 e. The van der Waals surface area contributed by atoms with Gasteiger partial charge in [-0.25, -0.2) is 9.59 Å². The molecule has 1 amide bonds. The summed E-state index contributed by atoms with van der Waals surface area (Å²) in [7, 11) is 0. The lowest BCUT2D eigenvalue weighted by molar-refractivity contribution is -0.134. The van der Waals surface area contributed by atoms with Gasteiger partial charge in [-0.2, -0.15) is 0 Å². The number of carbonyl (C=O) groups excluding carboxylic acids is 1. The summed E-state index contributed by atoms with van der Waals surface area (Å²) in [6.07, 6.45) is 6.59. The third kappa shape index (κ3) is 9.34. The van der Waals surface area contributed by atoms with Crippen LogP contribution in [0, 0.1) is 0 Å². The van der Waals surface area contributed by atoms with E-state index in [0.29, 0.717) is 24.5 Å². The van der Waals surface area contributed by atoms with E-state index in [-0.39, 0.29) is 0 Å². The number of aliphatic carboxylic acids is 2. The second-order valence-electron chi connectivity index (χ2n) is 10.4. The van der Waals surface area contributed by atoms with Gasteiger partial charge in [-0.15, -0.1) is 0 Å². The first-order valence-electron chi connectivity index (χ1n) is 14.4. The number of likely N-dealkylation sites (tertiary alicyclic amines) is 1. The Kier molecular flexibility index (Phi) is 11.7. The first kappa shape index (κ1) is 30.6. The van der Waals surface area contributed by atoms with Crippen molar-refractivity contribution in [1.82, 2.24) is 14.7 Å². The molecule has 5 rings (SSSR count). The number of amides is 1. The summed E-state index contributed by atoms with van der Waals surface area (Å²) in [5.41, 5.74) is 2.67. The average Bonchev–Trinajstić information content (AvgIpc) is 3.00. The van der Waals surface area contributed by atoms with E-state index in [1.165, 1.54) is 40.4 Å². The summed E-state index contributed by atoms with van der Waals surface area (Å²) in [6.45, 7) is 9.42. The van der Waals surface area contributed by atoms with E-state index in [4.69, 9.17) is 10.2 Å². The van der Waals surface area contributed by atoms with Crippen LogP contribution >= 0.6 is 11.8 Å². The summed E-state index contributed by atoms with van der Waals surface area (Å²) in [5, 5.41) is 15.6. The predicted molar refractivity (Wildman–Crippen MR) is 161 cm³/mol. The number of piperidine rings is 1. The highest BCUT2D eigenvalue weighted by atomic mass is 32.2. The topological polar surface area (TPSA) is 105 Å². The number of fused-ring (bicyclic) bond motifs is 2. The van der Waals surface area contributed by atoms with E-state index in [1.807, 2.05) is 11.8 Å². The molecule has 41 heavy (non-hydrogen) atoms. The summed E-state index contributed by atoms with van der Waals surface area (Å²) in [5.74, 6) is -2.16. The van der Waals surface area contributed by atoms with Crippen LogP contribution in [0.3, 0.4) is 0 Å². The Bertz CT molecular complexity index is 1150. The van der Waals surface area contributed by atoms with Gasteiger partial charge in [0.2, 0.25) is 5.91 Å². The fraction of sp³-hybridized carbons (Fsp3) is 0.452. The molecule has 9 nitrogen and oxygen atoms in total. The maximum atomic E-state index is 12.5. The zero-order valence-corrected chi connectivity index (χ0v) is 24.3. The molecule has 2 aromatic carbocycles. The Morgan fingerprint density at radius 3 is 1.73 bits per heavy atom. The number of benzene rings is 2. The van der Waals surface area contributed by atoms with Crippen molar-refractivity contribution in [3.05, 3.63) is 60.7 Å². The molecule has 3 aliphatic heterocycles. The van der Waals surface area contributed by atoms with Crippen LogP contribution in [-0.2, 0) is 14.4 Å². The fourth-order valence-corrected chi connectivity index (χ4v) is 6.50. The van der Waals surface area contributed by atoms with Crippen molar-refractivity contribution in [2.45, 2.75) is 41.9 Å². The first-order valence-corrected chi connectivity index (χ1v) is 15.2. The molecule has 2 N–H and O–H groups in total. The van der Waals surface area contributed by atoms with Crippen LogP contribution < -0.4 is 4.90 Å². The number of piperazine rings is 1. The lowest BCUT2D eigenvalue weighted by atomic mass is 10.1. The molecule has 2 fully saturated rings. The van der Waals surface area contributed by atoms with Gasteiger partial charge in [-0.1, -0.05) is 36.0 Å². The van der Waals surface area contributed by atoms with Crippen LogP contribution in [0.1, 0.15) is 32.1 Å². The van der Waals surface area contributed by atoms with Crippen molar-refractivity contribution in [1.29, 1.82) is 0 Å². The van der Waals surface area contributed by atoms with Gasteiger partial charge >= 0.3 is 11.9 Å². The zero-order chi connectivity index (χ0) is 29.0. The van der Waals surface area contributed by atoms with Crippen LogP contribution in [0.15, 0.2) is 70.5 Å². The number of nitrogens with zero attached hydrogens (tertiary/aromatic N) is 4. The van der Waals surface area contributed by atoms with E-state index in [9.17, 15) is 14.4 Å². The fourth-order valence-electron chi connectivity index (χ4n) is 5.41. The number of carboxylic acid groups (broad SMARTS) is 2. The summed E-state index contributed by atoms with van der Waals surface area (Å²) in [4.78, 5) is 43.9. The molecule has 0 aliphatic carbocycles. The number of carbonyl (C=O) groups is 3. The maximum absolute atomic E-state index is 12.5. The van der Waals surface area contributed by atoms with Crippen molar-refractivity contribution >= 4 is 41.0 Å². The van der Waals surface area contributed by atoms with Gasteiger partial charge in [0.15, 0.2) is 0 Å². The number of hydrogen-bond donors (Lipinski definition) is 2. The third-order valence-corrected chi connectivity index (χ3v) is 8.70. The van der Waals surface area contributed by atoms with Gasteiger partial charge < -0.3 is 29.8 Å². The number of para-hydroxylation sites is 2. The number of hydrogen-bond acceptors (Lipinski definition) is 7. The molecule has 0 saturated carbocycles. The van der Waals surface area contributed by atoms with Crippen LogP contribution in [0.5, 0.6) is 0 Å². The van der Waals surface area contributed by atoms with Gasteiger partial charge in [0.1, 0.15) is 0 Å². The van der Waals surface area contributed by atoms with Crippen LogP contribution in [-0.4, -0.2) is 102 Å². The summed E-state index contributed by atoms with van der Waals surface area (Å²) >= 11 is 1.88. The molecule has 0 aromatic heterocycles. The minimum absolute atomic E-state index is 0.359. The van der Waals surface area contributed by atoms with Gasteiger partial charge in [0, 0.05) is 80.7 Å². The van der Waals surface area contributed by atoms with Crippen LogP contribution in [0.4, 0.5) is 11.4 Å². The molecule has 2 aromatic rings. The first-order chi connectivity index (χ1) is 19.9. The maximum Gasteiger partial charge on any atom is 0.328 e. The molecule has 3 heterocycles. The molecule has 3 aliphatic rings. The van der Waals surface area contributed by atoms with Gasteiger partial charge in [0.25, 0.3) is 0 Å². The molecule has 2 saturated heterocycles. The Balaban J connectivity index is 0.000000426. The highest BCUT2D eigenvalue weighted by molar-refractivity contribution is 7.99. The number of anilines is 2. The smallest absolute Gasteiger partial charge is 0.328 e. The molecule has 0 bridgehead atoms. The lowest BCUT2D eigenvalue weighted by Gasteiger charge is -2.36. The Labute approximate surface area is 246 Å². The Hall–Kier alpha value is -3.34. The monoisotopic (exact) mass is 580 g/mol. The molecular formula is C31H40N4O5S. The number of carboxylic acids is 2. The van der Waals surface area contributed by atoms with E-state index in [2.05, 4.69) is 68.1 Å². The standard InChI is InChI=1S/C27H36N4OS.C4H4O4/c32-27(30-15-6-1-7-16-30)13-18-29-21-19-28(20-22-29)14-8-17-31-23-9-2-4-11-25(23)33-26-12-5-3-10-24(26)31;5-3(6)1-2-4(7)8/h2-5,9-12H,1,6-8,13-22H2;1-2H,(H,5,6)(H,7,8)/b;2-1+. The SMILES string of the molecule is O=C(CCN1CCN(CCCN2c3ccccc3Sc3ccccc32)CC1)N1CCCCC1.O=C(O)/C=C/C(=O)O. The van der Waals surface area contributed by atoms with Crippen molar-refractivity contribution < 1.29 is 24.6 Å². The van der Waals surface area contributed by atoms with E-state index in [0.717, 1.165) is 65.3 Å². The van der Waals surface area contributed by atoms with E-state index >= 15 is 0 Å². The highest BCUT2D eigenvalue weighted by Crippen LogP contribution is 2.47. The molecular weight excluding hydrogens is 540 g/mol. The average molecular weight is 581 g/mol. The van der Waals surface area contributed by atoms with Crippen molar-refractivity contribution in [2.24, 2.45) is 0 Å². The van der Waals surface area contributed by atoms with E-state index < -0.39 is 11.9 Å². The van der Waals surface area contributed by atoms with Gasteiger partial charge in [0.05, 0.1) is 11.4 Å². The number of rotatable bonds is 9. The van der Waals surface area contributed by atoms with Gasteiger partial charge in [-0.05, 0) is 56.5 Å². The van der Waals surface area contributed by atoms with Crippen molar-refractivity contribution in [2.75, 3.05) is 63.8 Å².